The second kappa shape index (κ2) is 12.4. The summed E-state index contributed by atoms with van der Waals surface area (Å²) in [5.41, 5.74) is 3.65. The standard InChI is InChI=1S/C29H32N2O3S/c1-2-3-7-19-34-23-16-13-21(14-17-23)15-18-26(32)31-29-27(24-11-8-12-25(24)35-29)28(33)30-20-22-9-5-4-6-10-22/h4-6,9-10,13-18H,2-3,7-8,11-12,19-20H2,1H3,(H,30,33)(H,31,32)/b18-15+. The molecule has 0 aliphatic heterocycles. The monoisotopic (exact) mass is 488 g/mol. The zero-order chi connectivity index (χ0) is 24.5. The molecule has 4 rings (SSSR count). The van der Waals surface area contributed by atoms with Crippen molar-refractivity contribution in [2.75, 3.05) is 11.9 Å². The molecule has 1 heterocycles. The largest absolute Gasteiger partial charge is 0.494 e. The van der Waals surface area contributed by atoms with E-state index in [9.17, 15) is 9.59 Å². The van der Waals surface area contributed by atoms with Crippen LogP contribution in [-0.2, 0) is 24.2 Å². The summed E-state index contributed by atoms with van der Waals surface area (Å²) in [6, 6.07) is 17.5. The van der Waals surface area contributed by atoms with E-state index < -0.39 is 0 Å². The van der Waals surface area contributed by atoms with E-state index in [4.69, 9.17) is 4.74 Å². The molecule has 0 saturated carbocycles. The average Bonchev–Trinajstić information content (AvgIpc) is 3.46. The molecule has 0 fully saturated rings. The van der Waals surface area contributed by atoms with Gasteiger partial charge in [-0.3, -0.25) is 9.59 Å². The fourth-order valence-electron chi connectivity index (χ4n) is 4.14. The van der Waals surface area contributed by atoms with Gasteiger partial charge >= 0.3 is 0 Å². The highest BCUT2D eigenvalue weighted by atomic mass is 32.1. The first-order valence-corrected chi connectivity index (χ1v) is 13.1. The number of carbonyl (C=O) groups is 2. The van der Waals surface area contributed by atoms with Crippen molar-refractivity contribution in [3.8, 4) is 5.75 Å². The van der Waals surface area contributed by atoms with E-state index in [0.29, 0.717) is 17.1 Å². The van der Waals surface area contributed by atoms with Gasteiger partial charge in [0.05, 0.1) is 12.2 Å². The third kappa shape index (κ3) is 6.83. The average molecular weight is 489 g/mol. The molecule has 0 spiro atoms. The van der Waals surface area contributed by atoms with Gasteiger partial charge in [-0.05, 0) is 60.6 Å². The number of hydrogen-bond acceptors (Lipinski definition) is 4. The van der Waals surface area contributed by atoms with E-state index in [1.165, 1.54) is 35.1 Å². The topological polar surface area (TPSA) is 67.4 Å². The SMILES string of the molecule is CCCCCOc1ccc(/C=C/C(=O)Nc2sc3c(c2C(=O)NCc2ccccc2)CCC3)cc1. The van der Waals surface area contributed by atoms with Crippen LogP contribution in [0.1, 0.15) is 64.5 Å². The Balaban J connectivity index is 1.37. The number of rotatable bonds is 11. The van der Waals surface area contributed by atoms with Crippen molar-refractivity contribution in [2.45, 2.75) is 52.0 Å². The summed E-state index contributed by atoms with van der Waals surface area (Å²) >= 11 is 1.52. The van der Waals surface area contributed by atoms with Gasteiger partial charge in [-0.15, -0.1) is 11.3 Å². The minimum atomic E-state index is -0.248. The predicted molar refractivity (Wildman–Crippen MR) is 143 cm³/mol. The number of benzene rings is 2. The van der Waals surface area contributed by atoms with E-state index in [1.807, 2.05) is 54.6 Å². The van der Waals surface area contributed by atoms with Gasteiger partial charge in [-0.2, -0.15) is 0 Å². The lowest BCUT2D eigenvalue weighted by molar-refractivity contribution is -0.111. The Bertz CT molecular complexity index is 1170. The highest BCUT2D eigenvalue weighted by Crippen LogP contribution is 2.39. The van der Waals surface area contributed by atoms with Crippen LogP contribution in [0.4, 0.5) is 5.00 Å². The first kappa shape index (κ1) is 24.7. The van der Waals surface area contributed by atoms with Gasteiger partial charge in [-0.25, -0.2) is 0 Å². The Morgan fingerprint density at radius 3 is 2.60 bits per heavy atom. The van der Waals surface area contributed by atoms with Gasteiger partial charge in [0.25, 0.3) is 5.91 Å². The zero-order valence-electron chi connectivity index (χ0n) is 20.1. The third-order valence-corrected chi connectivity index (χ3v) is 7.21. The molecule has 3 aromatic rings. The number of fused-ring (bicyclic) bond motifs is 1. The number of carbonyl (C=O) groups excluding carboxylic acids is 2. The molecule has 5 nitrogen and oxygen atoms in total. The summed E-state index contributed by atoms with van der Waals surface area (Å²) in [4.78, 5) is 27.0. The molecule has 0 saturated heterocycles. The summed E-state index contributed by atoms with van der Waals surface area (Å²) in [6.07, 6.45) is 9.54. The van der Waals surface area contributed by atoms with Crippen LogP contribution in [0.3, 0.4) is 0 Å². The Morgan fingerprint density at radius 2 is 1.83 bits per heavy atom. The molecule has 0 bridgehead atoms. The Labute approximate surface area is 211 Å². The Morgan fingerprint density at radius 1 is 1.03 bits per heavy atom. The zero-order valence-corrected chi connectivity index (χ0v) is 21.0. The smallest absolute Gasteiger partial charge is 0.254 e. The first-order valence-electron chi connectivity index (χ1n) is 12.3. The molecule has 1 aliphatic rings. The number of anilines is 1. The van der Waals surface area contributed by atoms with Crippen LogP contribution in [0.2, 0.25) is 0 Å². The molecular formula is C29H32N2O3S. The highest BCUT2D eigenvalue weighted by molar-refractivity contribution is 7.17. The Kier molecular flexibility index (Phi) is 8.74. The van der Waals surface area contributed by atoms with Crippen LogP contribution < -0.4 is 15.4 Å². The fraction of sp³-hybridized carbons (Fsp3) is 0.310. The summed E-state index contributed by atoms with van der Waals surface area (Å²) in [5, 5.41) is 6.59. The summed E-state index contributed by atoms with van der Waals surface area (Å²) in [5.74, 6) is 0.450. The number of amides is 2. The van der Waals surface area contributed by atoms with Gasteiger partial charge in [0.1, 0.15) is 10.8 Å². The number of unbranched alkanes of at least 4 members (excludes halogenated alkanes) is 2. The normalized spacial score (nSPS) is 12.5. The van der Waals surface area contributed by atoms with Crippen LogP contribution in [0, 0.1) is 0 Å². The summed E-state index contributed by atoms with van der Waals surface area (Å²) in [6.45, 7) is 3.34. The molecule has 35 heavy (non-hydrogen) atoms. The molecule has 2 amide bonds. The van der Waals surface area contributed by atoms with Crippen molar-refractivity contribution in [3.05, 3.63) is 87.8 Å². The van der Waals surface area contributed by atoms with Crippen molar-refractivity contribution >= 4 is 34.2 Å². The second-order valence-electron chi connectivity index (χ2n) is 8.68. The van der Waals surface area contributed by atoms with Crippen LogP contribution in [0.15, 0.2) is 60.7 Å². The van der Waals surface area contributed by atoms with E-state index in [0.717, 1.165) is 54.7 Å². The lowest BCUT2D eigenvalue weighted by Crippen LogP contribution is -2.24. The maximum Gasteiger partial charge on any atom is 0.254 e. The predicted octanol–water partition coefficient (Wildman–Crippen LogP) is 6.39. The van der Waals surface area contributed by atoms with Gasteiger partial charge in [0.15, 0.2) is 0 Å². The summed E-state index contributed by atoms with van der Waals surface area (Å²) in [7, 11) is 0. The third-order valence-electron chi connectivity index (χ3n) is 6.00. The highest BCUT2D eigenvalue weighted by Gasteiger charge is 2.27. The van der Waals surface area contributed by atoms with Crippen molar-refractivity contribution < 1.29 is 14.3 Å². The number of nitrogens with one attached hydrogen (secondary N) is 2. The molecule has 2 N–H and O–H groups in total. The van der Waals surface area contributed by atoms with Gasteiger partial charge in [0, 0.05) is 17.5 Å². The van der Waals surface area contributed by atoms with E-state index in [-0.39, 0.29) is 11.8 Å². The lowest BCUT2D eigenvalue weighted by atomic mass is 10.1. The minimum Gasteiger partial charge on any atom is -0.494 e. The van der Waals surface area contributed by atoms with Crippen LogP contribution in [-0.4, -0.2) is 18.4 Å². The van der Waals surface area contributed by atoms with Crippen LogP contribution in [0.25, 0.3) is 6.08 Å². The molecule has 0 radical (unpaired) electrons. The molecule has 1 aliphatic carbocycles. The quantitative estimate of drug-likeness (QED) is 0.243. The number of thiophene rings is 1. The van der Waals surface area contributed by atoms with Gasteiger partial charge in [0.2, 0.25) is 5.91 Å². The van der Waals surface area contributed by atoms with Gasteiger partial charge in [-0.1, -0.05) is 62.2 Å². The Hall–Kier alpha value is -3.38. The molecule has 0 unspecified atom stereocenters. The van der Waals surface area contributed by atoms with Crippen molar-refractivity contribution in [1.29, 1.82) is 0 Å². The minimum absolute atomic E-state index is 0.137. The van der Waals surface area contributed by atoms with E-state index >= 15 is 0 Å². The number of aryl methyl sites for hydroxylation is 1. The van der Waals surface area contributed by atoms with Crippen molar-refractivity contribution in [2.24, 2.45) is 0 Å². The molecule has 1 aromatic heterocycles. The van der Waals surface area contributed by atoms with Crippen molar-refractivity contribution in [3.63, 3.8) is 0 Å². The van der Waals surface area contributed by atoms with E-state index in [2.05, 4.69) is 17.6 Å². The second-order valence-corrected chi connectivity index (χ2v) is 9.78. The molecule has 0 atom stereocenters. The molecule has 182 valence electrons. The molecule has 6 heteroatoms. The maximum atomic E-state index is 13.1. The first-order chi connectivity index (χ1) is 17.1. The lowest BCUT2D eigenvalue weighted by Gasteiger charge is -2.09. The van der Waals surface area contributed by atoms with Crippen LogP contribution in [0.5, 0.6) is 5.75 Å². The summed E-state index contributed by atoms with van der Waals surface area (Å²) < 4.78 is 5.74. The molecular weight excluding hydrogens is 456 g/mol. The van der Waals surface area contributed by atoms with E-state index in [1.54, 1.807) is 6.08 Å². The molecule has 2 aromatic carbocycles. The maximum absolute atomic E-state index is 13.1. The fourth-order valence-corrected chi connectivity index (χ4v) is 5.43. The van der Waals surface area contributed by atoms with Gasteiger partial charge < -0.3 is 15.4 Å². The number of hydrogen-bond donors (Lipinski definition) is 2. The van der Waals surface area contributed by atoms with Crippen LogP contribution >= 0.6 is 11.3 Å². The van der Waals surface area contributed by atoms with Crippen molar-refractivity contribution in [1.82, 2.24) is 5.32 Å². The number of ether oxygens (including phenoxy) is 1.